The first-order valence-corrected chi connectivity index (χ1v) is 4.09. The summed E-state index contributed by atoms with van der Waals surface area (Å²) in [4.78, 5) is 14.7. The molecule has 0 aliphatic heterocycles. The molecule has 2 heterocycles. The fourth-order valence-corrected chi connectivity index (χ4v) is 1.21. The van der Waals surface area contributed by atoms with E-state index in [0.717, 1.165) is 0 Å². The van der Waals surface area contributed by atoms with Crippen LogP contribution >= 0.6 is 0 Å². The van der Waals surface area contributed by atoms with Gasteiger partial charge in [-0.05, 0) is 12.1 Å². The molecule has 0 fully saturated rings. The average Bonchev–Trinajstić information content (AvgIpc) is 2.47. The van der Waals surface area contributed by atoms with E-state index in [-0.39, 0.29) is 5.88 Å². The summed E-state index contributed by atoms with van der Waals surface area (Å²) in [6.07, 6.45) is 1.58. The van der Waals surface area contributed by atoms with Gasteiger partial charge in [0.15, 0.2) is 0 Å². The standard InChI is InChI=1S/C9H9N3O2/c1-6(13)14-9-5-12-7(10)3-2-4-8(12)11-9/h2-5H,10H2,1H3. The van der Waals surface area contributed by atoms with Gasteiger partial charge < -0.3 is 10.5 Å². The Morgan fingerprint density at radius 3 is 3.00 bits per heavy atom. The number of pyridine rings is 1. The molecule has 2 aromatic rings. The molecule has 0 atom stereocenters. The van der Waals surface area contributed by atoms with Crippen molar-refractivity contribution in [2.75, 3.05) is 5.73 Å². The minimum atomic E-state index is -0.396. The Labute approximate surface area is 80.1 Å². The van der Waals surface area contributed by atoms with Crippen LogP contribution in [0.15, 0.2) is 24.4 Å². The Balaban J connectivity index is 2.51. The van der Waals surface area contributed by atoms with E-state index in [2.05, 4.69) is 4.98 Å². The maximum Gasteiger partial charge on any atom is 0.309 e. The van der Waals surface area contributed by atoms with Crippen LogP contribution in [0.2, 0.25) is 0 Å². The lowest BCUT2D eigenvalue weighted by molar-refractivity contribution is -0.132. The molecular weight excluding hydrogens is 182 g/mol. The van der Waals surface area contributed by atoms with Gasteiger partial charge in [0.25, 0.3) is 0 Å². The first-order chi connectivity index (χ1) is 6.66. The zero-order chi connectivity index (χ0) is 10.1. The van der Waals surface area contributed by atoms with E-state index in [0.29, 0.717) is 11.5 Å². The number of fused-ring (bicyclic) bond motifs is 1. The van der Waals surface area contributed by atoms with Gasteiger partial charge in [-0.2, -0.15) is 4.98 Å². The fourth-order valence-electron chi connectivity index (χ4n) is 1.21. The van der Waals surface area contributed by atoms with Crippen LogP contribution in [0.4, 0.5) is 5.82 Å². The monoisotopic (exact) mass is 191 g/mol. The Hall–Kier alpha value is -2.04. The van der Waals surface area contributed by atoms with Gasteiger partial charge in [0.2, 0.25) is 5.88 Å². The number of anilines is 1. The smallest absolute Gasteiger partial charge is 0.309 e. The molecule has 0 aliphatic carbocycles. The molecule has 0 unspecified atom stereocenters. The summed E-state index contributed by atoms with van der Waals surface area (Å²) in [5.41, 5.74) is 6.34. The topological polar surface area (TPSA) is 69.6 Å². The molecular formula is C9H9N3O2. The molecule has 0 aliphatic rings. The van der Waals surface area contributed by atoms with Crippen LogP contribution < -0.4 is 10.5 Å². The Morgan fingerprint density at radius 2 is 2.36 bits per heavy atom. The number of carbonyl (C=O) groups excluding carboxylic acids is 1. The largest absolute Gasteiger partial charge is 0.406 e. The van der Waals surface area contributed by atoms with Gasteiger partial charge in [0.1, 0.15) is 11.5 Å². The van der Waals surface area contributed by atoms with Gasteiger partial charge in [0, 0.05) is 6.92 Å². The minimum absolute atomic E-state index is 0.260. The molecule has 0 saturated heterocycles. The number of nitrogen functional groups attached to an aromatic ring is 1. The van der Waals surface area contributed by atoms with Crippen molar-refractivity contribution in [2.45, 2.75) is 6.92 Å². The molecule has 5 heteroatoms. The van der Waals surface area contributed by atoms with Crippen LogP contribution in [0.1, 0.15) is 6.92 Å². The molecule has 2 N–H and O–H groups in total. The summed E-state index contributed by atoms with van der Waals surface area (Å²) in [6.45, 7) is 1.33. The van der Waals surface area contributed by atoms with Crippen molar-refractivity contribution in [1.82, 2.24) is 9.38 Å². The van der Waals surface area contributed by atoms with E-state index in [4.69, 9.17) is 10.5 Å². The second-order valence-corrected chi connectivity index (χ2v) is 2.85. The van der Waals surface area contributed by atoms with Gasteiger partial charge in [0.05, 0.1) is 6.20 Å². The summed E-state index contributed by atoms with van der Waals surface area (Å²) in [6, 6.07) is 5.31. The van der Waals surface area contributed by atoms with Gasteiger partial charge in [-0.15, -0.1) is 0 Å². The van der Waals surface area contributed by atoms with Crippen LogP contribution in [-0.2, 0) is 4.79 Å². The van der Waals surface area contributed by atoms with Crippen molar-refractivity contribution in [1.29, 1.82) is 0 Å². The van der Waals surface area contributed by atoms with Gasteiger partial charge in [-0.25, -0.2) is 0 Å². The van der Waals surface area contributed by atoms with Crippen molar-refractivity contribution >= 4 is 17.4 Å². The quantitative estimate of drug-likeness (QED) is 0.678. The molecule has 0 aromatic carbocycles. The van der Waals surface area contributed by atoms with E-state index >= 15 is 0 Å². The van der Waals surface area contributed by atoms with E-state index in [1.165, 1.54) is 6.92 Å². The first kappa shape index (κ1) is 8.55. The fraction of sp³-hybridized carbons (Fsp3) is 0.111. The summed E-state index contributed by atoms with van der Waals surface area (Å²) in [7, 11) is 0. The van der Waals surface area contributed by atoms with Crippen LogP contribution in [0.5, 0.6) is 5.88 Å². The molecule has 0 saturated carbocycles. The van der Waals surface area contributed by atoms with Gasteiger partial charge >= 0.3 is 5.97 Å². The molecule has 2 rings (SSSR count). The number of esters is 1. The summed E-state index contributed by atoms with van der Waals surface area (Å²) in [5, 5.41) is 0. The maximum absolute atomic E-state index is 10.7. The average molecular weight is 191 g/mol. The predicted octanol–water partition coefficient (Wildman–Crippen LogP) is 0.842. The summed E-state index contributed by atoms with van der Waals surface area (Å²) < 4.78 is 6.48. The van der Waals surface area contributed by atoms with Gasteiger partial charge in [-0.3, -0.25) is 9.20 Å². The molecule has 0 bridgehead atoms. The van der Waals surface area contributed by atoms with Crippen LogP contribution in [0, 0.1) is 0 Å². The second kappa shape index (κ2) is 3.02. The Bertz CT molecular complexity index is 490. The number of ether oxygens (including phenoxy) is 1. The molecule has 5 nitrogen and oxygen atoms in total. The van der Waals surface area contributed by atoms with Crippen molar-refractivity contribution in [3.8, 4) is 5.88 Å². The highest BCUT2D eigenvalue weighted by Crippen LogP contribution is 2.15. The van der Waals surface area contributed by atoms with E-state index in [1.807, 2.05) is 0 Å². The molecule has 0 spiro atoms. The van der Waals surface area contributed by atoms with Crippen molar-refractivity contribution < 1.29 is 9.53 Å². The predicted molar refractivity (Wildman–Crippen MR) is 50.9 cm³/mol. The number of rotatable bonds is 1. The number of imidazole rings is 1. The third-order valence-electron chi connectivity index (χ3n) is 1.75. The van der Waals surface area contributed by atoms with E-state index < -0.39 is 5.97 Å². The number of nitrogens with two attached hydrogens (primary N) is 1. The highest BCUT2D eigenvalue weighted by atomic mass is 16.5. The maximum atomic E-state index is 10.7. The summed E-state index contributed by atoms with van der Waals surface area (Å²) in [5.74, 6) is 0.413. The van der Waals surface area contributed by atoms with Crippen molar-refractivity contribution in [2.24, 2.45) is 0 Å². The third-order valence-corrected chi connectivity index (χ3v) is 1.75. The SMILES string of the molecule is CC(=O)Oc1cn2c(N)cccc2n1. The zero-order valence-electron chi connectivity index (χ0n) is 7.60. The molecule has 2 aromatic heterocycles. The number of nitrogens with zero attached hydrogens (tertiary/aromatic N) is 2. The number of aromatic nitrogens is 2. The zero-order valence-corrected chi connectivity index (χ0v) is 7.60. The third kappa shape index (κ3) is 1.39. The Morgan fingerprint density at radius 1 is 1.57 bits per heavy atom. The normalized spacial score (nSPS) is 10.4. The van der Waals surface area contributed by atoms with E-state index in [9.17, 15) is 4.79 Å². The number of hydrogen-bond acceptors (Lipinski definition) is 4. The van der Waals surface area contributed by atoms with Crippen LogP contribution in [-0.4, -0.2) is 15.4 Å². The highest BCUT2D eigenvalue weighted by Gasteiger charge is 2.05. The molecule has 0 radical (unpaired) electrons. The van der Waals surface area contributed by atoms with Crippen molar-refractivity contribution in [3.63, 3.8) is 0 Å². The lowest BCUT2D eigenvalue weighted by Gasteiger charge is -1.95. The molecule has 72 valence electrons. The number of carbonyl (C=O) groups is 1. The molecule has 0 amide bonds. The van der Waals surface area contributed by atoms with E-state index in [1.54, 1.807) is 28.8 Å². The lowest BCUT2D eigenvalue weighted by Crippen LogP contribution is -2.01. The van der Waals surface area contributed by atoms with Gasteiger partial charge in [-0.1, -0.05) is 6.07 Å². The second-order valence-electron chi connectivity index (χ2n) is 2.85. The Kier molecular flexibility index (Phi) is 1.85. The van der Waals surface area contributed by atoms with Crippen molar-refractivity contribution in [3.05, 3.63) is 24.4 Å². The highest BCUT2D eigenvalue weighted by molar-refractivity contribution is 5.69. The first-order valence-electron chi connectivity index (χ1n) is 4.09. The lowest BCUT2D eigenvalue weighted by atomic mass is 10.4. The van der Waals surface area contributed by atoms with Crippen LogP contribution in [0.25, 0.3) is 5.65 Å². The minimum Gasteiger partial charge on any atom is -0.406 e. The van der Waals surface area contributed by atoms with Crippen LogP contribution in [0.3, 0.4) is 0 Å². The summed E-state index contributed by atoms with van der Waals surface area (Å²) >= 11 is 0. The molecule has 14 heavy (non-hydrogen) atoms. The number of hydrogen-bond donors (Lipinski definition) is 1.